The molecule has 0 saturated heterocycles. The van der Waals surface area contributed by atoms with Crippen molar-refractivity contribution in [2.45, 2.75) is 31.9 Å². The first-order valence-corrected chi connectivity index (χ1v) is 10.4. The number of aromatic nitrogens is 2. The summed E-state index contributed by atoms with van der Waals surface area (Å²) in [5.41, 5.74) is 1.92. The van der Waals surface area contributed by atoms with Crippen LogP contribution in [0.25, 0.3) is 11.0 Å². The zero-order valence-electron chi connectivity index (χ0n) is 16.6. The molecule has 2 aromatic carbocycles. The average molecular weight is 418 g/mol. The summed E-state index contributed by atoms with van der Waals surface area (Å²) in [4.78, 5) is 15.2. The van der Waals surface area contributed by atoms with E-state index in [1.807, 2.05) is 11.5 Å². The average Bonchev–Trinajstić information content (AvgIpc) is 3.02. The van der Waals surface area contributed by atoms with Crippen molar-refractivity contribution in [3.63, 3.8) is 0 Å². The minimum Gasteiger partial charge on any atom is -0.486 e. The van der Waals surface area contributed by atoms with Crippen LogP contribution in [0.1, 0.15) is 18.3 Å². The molecular weight excluding hydrogens is 396 g/mol. The second-order valence-electron chi connectivity index (χ2n) is 6.70. The lowest BCUT2D eigenvalue weighted by Gasteiger charge is -2.11. The zero-order valence-corrected chi connectivity index (χ0v) is 17.4. The molecule has 0 fully saturated rings. The van der Waals surface area contributed by atoms with E-state index in [-0.39, 0.29) is 17.2 Å². The fraction of sp³-hybridized carbons (Fsp3) is 0.316. The minimum absolute atomic E-state index is 0.0350. The monoisotopic (exact) mass is 418 g/mol. The van der Waals surface area contributed by atoms with Gasteiger partial charge in [-0.15, -0.1) is 0 Å². The summed E-state index contributed by atoms with van der Waals surface area (Å²) in [6.45, 7) is 4.40. The molecule has 0 saturated carbocycles. The number of nitro benzene ring substituents is 1. The number of aryl methyl sites for hydroxylation is 2. The highest BCUT2D eigenvalue weighted by molar-refractivity contribution is 7.89. The zero-order chi connectivity index (χ0) is 21.3. The van der Waals surface area contributed by atoms with E-state index in [9.17, 15) is 18.5 Å². The van der Waals surface area contributed by atoms with Crippen molar-refractivity contribution in [3.8, 4) is 5.75 Å². The Kier molecular flexibility index (Phi) is 5.58. The first-order chi connectivity index (χ1) is 13.6. The van der Waals surface area contributed by atoms with Crippen LogP contribution in [-0.4, -0.2) is 41.3 Å². The van der Waals surface area contributed by atoms with Gasteiger partial charge in [-0.1, -0.05) is 0 Å². The van der Waals surface area contributed by atoms with Crippen molar-refractivity contribution in [2.75, 3.05) is 14.1 Å². The Morgan fingerprint density at radius 1 is 1.21 bits per heavy atom. The van der Waals surface area contributed by atoms with Gasteiger partial charge in [0.15, 0.2) is 0 Å². The van der Waals surface area contributed by atoms with E-state index in [4.69, 9.17) is 4.74 Å². The van der Waals surface area contributed by atoms with Gasteiger partial charge in [0.25, 0.3) is 5.69 Å². The molecule has 29 heavy (non-hydrogen) atoms. The minimum atomic E-state index is -3.55. The van der Waals surface area contributed by atoms with Crippen LogP contribution in [0.4, 0.5) is 5.69 Å². The summed E-state index contributed by atoms with van der Waals surface area (Å²) in [5, 5.41) is 10.9. The maximum absolute atomic E-state index is 12.4. The molecule has 0 spiro atoms. The number of imidazole rings is 1. The van der Waals surface area contributed by atoms with Crippen LogP contribution >= 0.6 is 0 Å². The van der Waals surface area contributed by atoms with Gasteiger partial charge in [0.2, 0.25) is 10.0 Å². The molecule has 1 heterocycles. The largest absolute Gasteiger partial charge is 0.486 e. The lowest BCUT2D eigenvalue weighted by Crippen LogP contribution is -2.22. The molecule has 9 nitrogen and oxygen atoms in total. The van der Waals surface area contributed by atoms with Gasteiger partial charge in [0.1, 0.15) is 18.2 Å². The van der Waals surface area contributed by atoms with Crippen LogP contribution < -0.4 is 4.74 Å². The lowest BCUT2D eigenvalue weighted by molar-refractivity contribution is -0.385. The quantitative estimate of drug-likeness (QED) is 0.431. The van der Waals surface area contributed by atoms with Crippen molar-refractivity contribution in [1.29, 1.82) is 0 Å². The van der Waals surface area contributed by atoms with Crippen molar-refractivity contribution >= 4 is 26.7 Å². The van der Waals surface area contributed by atoms with E-state index in [1.54, 1.807) is 37.3 Å². The fourth-order valence-electron chi connectivity index (χ4n) is 3.06. The second kappa shape index (κ2) is 7.80. The fourth-order valence-corrected chi connectivity index (χ4v) is 3.99. The second-order valence-corrected chi connectivity index (χ2v) is 8.86. The Bertz CT molecular complexity index is 1180. The molecule has 0 bridgehead atoms. The molecule has 3 rings (SSSR count). The smallest absolute Gasteiger partial charge is 0.272 e. The Labute approximate surface area is 168 Å². The van der Waals surface area contributed by atoms with Crippen LogP contribution in [-0.2, 0) is 23.2 Å². The Morgan fingerprint density at radius 3 is 2.52 bits per heavy atom. The highest BCUT2D eigenvalue weighted by Gasteiger charge is 2.20. The van der Waals surface area contributed by atoms with Crippen LogP contribution in [0.5, 0.6) is 5.75 Å². The third-order valence-corrected chi connectivity index (χ3v) is 6.44. The summed E-state index contributed by atoms with van der Waals surface area (Å²) in [5.74, 6) is 1.14. The highest BCUT2D eigenvalue weighted by atomic mass is 32.2. The molecular formula is C19H22N4O5S. The summed E-state index contributed by atoms with van der Waals surface area (Å²) < 4.78 is 33.6. The Balaban J connectivity index is 1.91. The summed E-state index contributed by atoms with van der Waals surface area (Å²) in [7, 11) is -0.588. The summed E-state index contributed by atoms with van der Waals surface area (Å²) >= 11 is 0. The van der Waals surface area contributed by atoms with Gasteiger partial charge in [-0.2, -0.15) is 0 Å². The van der Waals surface area contributed by atoms with Crippen LogP contribution in [0.15, 0.2) is 41.3 Å². The number of sulfonamides is 1. The Morgan fingerprint density at radius 2 is 1.93 bits per heavy atom. The SMILES string of the molecule is CCn1c(COc2ccc([N+](=O)[O-])c(C)c2)nc2cc(S(=O)(=O)N(C)C)ccc21. The number of nitrogens with zero attached hydrogens (tertiary/aromatic N) is 4. The molecule has 0 N–H and O–H groups in total. The third-order valence-electron chi connectivity index (χ3n) is 4.63. The van der Waals surface area contributed by atoms with Gasteiger partial charge >= 0.3 is 0 Å². The normalized spacial score (nSPS) is 11.9. The van der Waals surface area contributed by atoms with E-state index >= 15 is 0 Å². The van der Waals surface area contributed by atoms with Gasteiger partial charge in [-0.25, -0.2) is 17.7 Å². The molecule has 154 valence electrons. The molecule has 0 aliphatic heterocycles. The molecule has 0 aliphatic rings. The topological polar surface area (TPSA) is 108 Å². The molecule has 10 heteroatoms. The van der Waals surface area contributed by atoms with Gasteiger partial charge in [-0.3, -0.25) is 10.1 Å². The molecule has 0 radical (unpaired) electrons. The number of hydrogen-bond acceptors (Lipinski definition) is 6. The van der Waals surface area contributed by atoms with E-state index in [2.05, 4.69) is 4.98 Å². The standard InChI is InChI=1S/C19H22N4O5S/c1-5-22-18-9-7-15(29(26,27)21(3)4)11-16(18)20-19(22)12-28-14-6-8-17(23(24)25)13(2)10-14/h6-11H,5,12H2,1-4H3. The molecule has 3 aromatic rings. The number of rotatable bonds is 7. The van der Waals surface area contributed by atoms with Gasteiger partial charge in [-0.05, 0) is 44.2 Å². The van der Waals surface area contributed by atoms with Crippen molar-refractivity contribution in [1.82, 2.24) is 13.9 Å². The van der Waals surface area contributed by atoms with Gasteiger partial charge in [0.05, 0.1) is 20.9 Å². The lowest BCUT2D eigenvalue weighted by atomic mass is 10.2. The molecule has 0 amide bonds. The first-order valence-electron chi connectivity index (χ1n) is 8.94. The first kappa shape index (κ1) is 20.7. The molecule has 1 aromatic heterocycles. The predicted molar refractivity (Wildman–Crippen MR) is 108 cm³/mol. The maximum atomic E-state index is 12.4. The highest BCUT2D eigenvalue weighted by Crippen LogP contribution is 2.25. The van der Waals surface area contributed by atoms with Crippen LogP contribution in [0, 0.1) is 17.0 Å². The predicted octanol–water partition coefficient (Wildman–Crippen LogP) is 3.10. The van der Waals surface area contributed by atoms with E-state index < -0.39 is 14.9 Å². The van der Waals surface area contributed by atoms with Crippen molar-refractivity contribution in [2.24, 2.45) is 0 Å². The van der Waals surface area contributed by atoms with Gasteiger partial charge in [0, 0.05) is 32.3 Å². The Hall–Kier alpha value is -2.98. The number of nitro groups is 1. The van der Waals surface area contributed by atoms with Crippen molar-refractivity contribution < 1.29 is 18.1 Å². The van der Waals surface area contributed by atoms with Gasteiger partial charge < -0.3 is 9.30 Å². The van der Waals surface area contributed by atoms with E-state index in [0.29, 0.717) is 29.2 Å². The van der Waals surface area contributed by atoms with Crippen molar-refractivity contribution in [3.05, 3.63) is 57.9 Å². The molecule has 0 unspecified atom stereocenters. The van der Waals surface area contributed by atoms with E-state index in [0.717, 1.165) is 9.82 Å². The van der Waals surface area contributed by atoms with Crippen LogP contribution in [0.3, 0.4) is 0 Å². The van der Waals surface area contributed by atoms with E-state index in [1.165, 1.54) is 20.2 Å². The maximum Gasteiger partial charge on any atom is 0.272 e. The number of fused-ring (bicyclic) bond motifs is 1. The number of ether oxygens (including phenoxy) is 1. The summed E-state index contributed by atoms with van der Waals surface area (Å²) in [6.07, 6.45) is 0. The third kappa shape index (κ3) is 3.94. The molecule has 0 atom stereocenters. The van der Waals surface area contributed by atoms with Crippen LogP contribution in [0.2, 0.25) is 0 Å². The molecule has 0 aliphatic carbocycles. The number of hydrogen-bond donors (Lipinski definition) is 0. The number of benzene rings is 2. The summed E-state index contributed by atoms with van der Waals surface area (Å²) in [6, 6.07) is 9.42.